The van der Waals surface area contributed by atoms with Crippen molar-refractivity contribution in [3.8, 4) is 5.75 Å². The molecule has 1 rings (SSSR count). The quantitative estimate of drug-likeness (QED) is 0.884. The van der Waals surface area contributed by atoms with Crippen LogP contribution in [-0.2, 0) is 5.60 Å². The largest absolute Gasteiger partial charge is 0.496 e. The zero-order valence-corrected chi connectivity index (χ0v) is 10.5. The first-order valence-corrected chi connectivity index (χ1v) is 5.22. The maximum atomic E-state index is 9.90. The van der Waals surface area contributed by atoms with Crippen LogP contribution in [0.2, 0.25) is 0 Å². The van der Waals surface area contributed by atoms with Crippen LogP contribution in [-0.4, -0.2) is 12.2 Å². The Morgan fingerprint density at radius 2 is 1.93 bits per heavy atom. The van der Waals surface area contributed by atoms with E-state index >= 15 is 0 Å². The minimum atomic E-state index is -0.861. The van der Waals surface area contributed by atoms with E-state index in [1.165, 1.54) is 0 Å². The lowest BCUT2D eigenvalue weighted by Gasteiger charge is -2.21. The molecule has 0 saturated carbocycles. The molecule has 0 aliphatic carbocycles. The number of aryl methyl sites for hydroxylation is 1. The van der Waals surface area contributed by atoms with E-state index < -0.39 is 5.60 Å². The van der Waals surface area contributed by atoms with Gasteiger partial charge in [0.05, 0.1) is 12.7 Å². The second kappa shape index (κ2) is 3.91. The molecule has 2 nitrogen and oxygen atoms in total. The summed E-state index contributed by atoms with van der Waals surface area (Å²) in [5.74, 6) is 0.797. The molecule has 0 spiro atoms. The number of halogens is 1. The third-order valence-electron chi connectivity index (χ3n) is 2.14. The predicted octanol–water partition coefficient (Wildman–Crippen LogP) is 2.99. The van der Waals surface area contributed by atoms with Crippen LogP contribution in [0.4, 0.5) is 0 Å². The fraction of sp³-hybridized carbons (Fsp3) is 0.455. The minimum Gasteiger partial charge on any atom is -0.496 e. The summed E-state index contributed by atoms with van der Waals surface area (Å²) >= 11 is 3.43. The van der Waals surface area contributed by atoms with Crippen LogP contribution in [0.3, 0.4) is 0 Å². The Hall–Kier alpha value is -0.540. The van der Waals surface area contributed by atoms with Gasteiger partial charge in [-0.15, -0.1) is 0 Å². The van der Waals surface area contributed by atoms with Gasteiger partial charge in [-0.2, -0.15) is 0 Å². The van der Waals surface area contributed by atoms with E-state index in [0.29, 0.717) is 0 Å². The van der Waals surface area contributed by atoms with Crippen molar-refractivity contribution >= 4 is 15.9 Å². The third-order valence-corrected chi connectivity index (χ3v) is 2.80. The molecule has 1 aromatic carbocycles. The Bertz CT molecular complexity index is 340. The van der Waals surface area contributed by atoms with Crippen molar-refractivity contribution in [2.75, 3.05) is 7.11 Å². The fourth-order valence-corrected chi connectivity index (χ4v) is 2.28. The van der Waals surface area contributed by atoms with Crippen molar-refractivity contribution in [3.63, 3.8) is 0 Å². The normalized spacial score (nSPS) is 11.6. The van der Waals surface area contributed by atoms with Gasteiger partial charge in [0, 0.05) is 10.0 Å². The van der Waals surface area contributed by atoms with Gasteiger partial charge in [-0.3, -0.25) is 0 Å². The lowest BCUT2D eigenvalue weighted by molar-refractivity contribution is 0.0775. The van der Waals surface area contributed by atoms with Crippen LogP contribution in [0.1, 0.15) is 25.0 Å². The number of benzene rings is 1. The van der Waals surface area contributed by atoms with Gasteiger partial charge in [0.2, 0.25) is 0 Å². The van der Waals surface area contributed by atoms with Crippen LogP contribution in [0, 0.1) is 6.92 Å². The average molecular weight is 259 g/mol. The smallest absolute Gasteiger partial charge is 0.122 e. The molecule has 1 N–H and O–H groups in total. The SMILES string of the molecule is COc1cc(C(C)(C)O)c(Br)cc1C. The van der Waals surface area contributed by atoms with Gasteiger partial charge >= 0.3 is 0 Å². The van der Waals surface area contributed by atoms with Crippen molar-refractivity contribution in [2.45, 2.75) is 26.4 Å². The Balaban J connectivity index is 3.32. The second-order valence-electron chi connectivity index (χ2n) is 3.86. The molecule has 0 aliphatic rings. The number of aliphatic hydroxyl groups is 1. The number of hydrogen-bond donors (Lipinski definition) is 1. The Morgan fingerprint density at radius 3 is 2.36 bits per heavy atom. The first kappa shape index (κ1) is 11.5. The summed E-state index contributed by atoms with van der Waals surface area (Å²) in [6.07, 6.45) is 0. The highest BCUT2D eigenvalue weighted by molar-refractivity contribution is 9.10. The summed E-state index contributed by atoms with van der Waals surface area (Å²) in [5, 5.41) is 9.90. The highest BCUT2D eigenvalue weighted by Crippen LogP contribution is 2.33. The molecular formula is C11H15BrO2. The van der Waals surface area contributed by atoms with Gasteiger partial charge in [-0.25, -0.2) is 0 Å². The molecule has 0 atom stereocenters. The first-order valence-electron chi connectivity index (χ1n) is 4.43. The monoisotopic (exact) mass is 258 g/mol. The van der Waals surface area contributed by atoms with E-state index in [9.17, 15) is 5.11 Å². The van der Waals surface area contributed by atoms with Crippen molar-refractivity contribution in [1.82, 2.24) is 0 Å². The highest BCUT2D eigenvalue weighted by Gasteiger charge is 2.20. The molecule has 0 aliphatic heterocycles. The Morgan fingerprint density at radius 1 is 1.36 bits per heavy atom. The number of methoxy groups -OCH3 is 1. The standard InChI is InChI=1S/C11H15BrO2/c1-7-5-9(12)8(11(2,3)13)6-10(7)14-4/h5-6,13H,1-4H3. The minimum absolute atomic E-state index is 0.797. The van der Waals surface area contributed by atoms with E-state index in [-0.39, 0.29) is 0 Å². The van der Waals surface area contributed by atoms with Crippen LogP contribution < -0.4 is 4.74 Å². The second-order valence-corrected chi connectivity index (χ2v) is 4.72. The van der Waals surface area contributed by atoms with Gasteiger partial charge in [0.15, 0.2) is 0 Å². The third kappa shape index (κ3) is 2.28. The van der Waals surface area contributed by atoms with E-state index in [0.717, 1.165) is 21.3 Å². The average Bonchev–Trinajstić information content (AvgIpc) is 2.02. The number of rotatable bonds is 2. The summed E-state index contributed by atoms with van der Waals surface area (Å²) < 4.78 is 6.11. The van der Waals surface area contributed by atoms with Crippen molar-refractivity contribution in [1.29, 1.82) is 0 Å². The summed E-state index contributed by atoms with van der Waals surface area (Å²) in [5.41, 5.74) is 1.02. The molecule has 0 amide bonds. The van der Waals surface area contributed by atoms with Crippen molar-refractivity contribution in [2.24, 2.45) is 0 Å². The van der Waals surface area contributed by atoms with Gasteiger partial charge in [0.1, 0.15) is 5.75 Å². The van der Waals surface area contributed by atoms with Crippen LogP contribution in [0.25, 0.3) is 0 Å². The zero-order chi connectivity index (χ0) is 10.9. The molecule has 0 unspecified atom stereocenters. The molecule has 0 saturated heterocycles. The number of hydrogen-bond acceptors (Lipinski definition) is 2. The predicted molar refractivity (Wildman–Crippen MR) is 60.7 cm³/mol. The fourth-order valence-electron chi connectivity index (χ4n) is 1.34. The van der Waals surface area contributed by atoms with Crippen LogP contribution >= 0.6 is 15.9 Å². The number of ether oxygens (including phenoxy) is 1. The van der Waals surface area contributed by atoms with Crippen molar-refractivity contribution in [3.05, 3.63) is 27.7 Å². The molecule has 0 radical (unpaired) electrons. The summed E-state index contributed by atoms with van der Waals surface area (Å²) in [4.78, 5) is 0. The van der Waals surface area contributed by atoms with Crippen molar-refractivity contribution < 1.29 is 9.84 Å². The molecule has 0 bridgehead atoms. The Labute approximate surface area is 93.0 Å². The van der Waals surface area contributed by atoms with Gasteiger partial charge in [-0.1, -0.05) is 15.9 Å². The van der Waals surface area contributed by atoms with Gasteiger partial charge < -0.3 is 9.84 Å². The van der Waals surface area contributed by atoms with E-state index in [1.54, 1.807) is 21.0 Å². The van der Waals surface area contributed by atoms with E-state index in [4.69, 9.17) is 4.74 Å². The zero-order valence-electron chi connectivity index (χ0n) is 8.89. The Kier molecular flexibility index (Phi) is 3.22. The summed E-state index contributed by atoms with van der Waals surface area (Å²) in [6, 6.07) is 3.81. The molecule has 1 aromatic rings. The maximum absolute atomic E-state index is 9.90. The van der Waals surface area contributed by atoms with Gasteiger partial charge in [0.25, 0.3) is 0 Å². The van der Waals surface area contributed by atoms with Gasteiger partial charge in [-0.05, 0) is 38.5 Å². The van der Waals surface area contributed by atoms with Crippen LogP contribution in [0.15, 0.2) is 16.6 Å². The molecule has 78 valence electrons. The van der Waals surface area contributed by atoms with Crippen LogP contribution in [0.5, 0.6) is 5.75 Å². The molecule has 0 aromatic heterocycles. The summed E-state index contributed by atoms with van der Waals surface area (Å²) in [6.45, 7) is 5.47. The molecule has 3 heteroatoms. The highest BCUT2D eigenvalue weighted by atomic mass is 79.9. The first-order chi connectivity index (χ1) is 6.36. The summed E-state index contributed by atoms with van der Waals surface area (Å²) in [7, 11) is 1.63. The van der Waals surface area contributed by atoms with E-state index in [2.05, 4.69) is 15.9 Å². The molecular weight excluding hydrogens is 244 g/mol. The molecule has 0 heterocycles. The lowest BCUT2D eigenvalue weighted by atomic mass is 9.97. The topological polar surface area (TPSA) is 29.5 Å². The lowest BCUT2D eigenvalue weighted by Crippen LogP contribution is -2.16. The molecule has 0 fully saturated rings. The van der Waals surface area contributed by atoms with E-state index in [1.807, 2.05) is 19.1 Å². The maximum Gasteiger partial charge on any atom is 0.122 e. The molecule has 14 heavy (non-hydrogen) atoms.